The van der Waals surface area contributed by atoms with Crippen molar-refractivity contribution in [2.24, 2.45) is 0 Å². The lowest BCUT2D eigenvalue weighted by Gasteiger charge is -2.29. The van der Waals surface area contributed by atoms with Gasteiger partial charge in [-0.05, 0) is 23.9 Å². The van der Waals surface area contributed by atoms with Crippen molar-refractivity contribution >= 4 is 22.4 Å². The quantitative estimate of drug-likeness (QED) is 0.743. The summed E-state index contributed by atoms with van der Waals surface area (Å²) in [6.45, 7) is 2.49. The van der Waals surface area contributed by atoms with Gasteiger partial charge in [-0.25, -0.2) is 0 Å². The number of hydrogen-bond acceptors (Lipinski definition) is 3. The Kier molecular flexibility index (Phi) is 4.25. The fraction of sp³-hybridized carbons (Fsp3) is 0.227. The minimum Gasteiger partial charge on any atom is -0.493 e. The van der Waals surface area contributed by atoms with Gasteiger partial charge >= 0.3 is 0 Å². The molecule has 3 aromatic rings. The lowest BCUT2D eigenvalue weighted by atomic mass is 9.82. The summed E-state index contributed by atoms with van der Waals surface area (Å²) >= 11 is 0. The molecule has 0 spiro atoms. The van der Waals surface area contributed by atoms with Gasteiger partial charge in [-0.1, -0.05) is 48.5 Å². The molecule has 1 N–H and O–H groups in total. The molecule has 0 saturated carbocycles. The van der Waals surface area contributed by atoms with E-state index in [1.165, 1.54) is 0 Å². The number of amides is 1. The summed E-state index contributed by atoms with van der Waals surface area (Å²) in [5, 5.41) is 5.24. The van der Waals surface area contributed by atoms with Crippen LogP contribution in [0.5, 0.6) is 11.5 Å². The van der Waals surface area contributed by atoms with Crippen molar-refractivity contribution in [3.63, 3.8) is 0 Å². The number of para-hydroxylation sites is 1. The van der Waals surface area contributed by atoms with Crippen molar-refractivity contribution in [2.45, 2.75) is 19.3 Å². The SMILES string of the molecule is CCOc1c(OC)cccc1[C@@H]1CC(=O)Nc2c1ccc1ccccc21. The highest BCUT2D eigenvalue weighted by molar-refractivity contribution is 6.06. The van der Waals surface area contributed by atoms with E-state index in [9.17, 15) is 4.79 Å². The van der Waals surface area contributed by atoms with Gasteiger partial charge in [0.2, 0.25) is 5.91 Å². The van der Waals surface area contributed by atoms with Crippen molar-refractivity contribution in [3.05, 3.63) is 65.7 Å². The van der Waals surface area contributed by atoms with Gasteiger partial charge in [-0.2, -0.15) is 0 Å². The minimum absolute atomic E-state index is 0.0177. The Morgan fingerprint density at radius 3 is 2.69 bits per heavy atom. The third kappa shape index (κ3) is 2.68. The molecule has 26 heavy (non-hydrogen) atoms. The monoisotopic (exact) mass is 347 g/mol. The van der Waals surface area contributed by atoms with Gasteiger partial charge in [0.25, 0.3) is 0 Å². The zero-order valence-corrected chi connectivity index (χ0v) is 14.9. The average Bonchev–Trinajstić information content (AvgIpc) is 2.67. The fourth-order valence-electron chi connectivity index (χ4n) is 3.75. The first-order chi connectivity index (χ1) is 12.7. The molecule has 0 bridgehead atoms. The molecule has 4 nitrogen and oxygen atoms in total. The normalized spacial score (nSPS) is 16.1. The fourth-order valence-corrected chi connectivity index (χ4v) is 3.75. The number of carbonyl (C=O) groups excluding carboxylic acids is 1. The summed E-state index contributed by atoms with van der Waals surface area (Å²) < 4.78 is 11.4. The van der Waals surface area contributed by atoms with Crippen LogP contribution < -0.4 is 14.8 Å². The van der Waals surface area contributed by atoms with Crippen LogP contribution in [0.25, 0.3) is 10.8 Å². The standard InChI is InChI=1S/C22H21NO3/c1-3-26-22-17(9-6-10-19(22)25-2)18-13-20(24)23-21-15-8-5-4-7-14(15)11-12-16(18)21/h4-12,18H,3,13H2,1-2H3,(H,23,24)/t18-/m1/s1. The predicted octanol–water partition coefficient (Wildman–Crippen LogP) is 4.72. The maximum absolute atomic E-state index is 12.5. The first kappa shape index (κ1) is 16.5. The Bertz CT molecular complexity index is 980. The first-order valence-corrected chi connectivity index (χ1v) is 8.84. The van der Waals surface area contributed by atoms with Crippen LogP contribution >= 0.6 is 0 Å². The Balaban J connectivity index is 1.93. The number of fused-ring (bicyclic) bond motifs is 3. The van der Waals surface area contributed by atoms with Crippen molar-refractivity contribution in [3.8, 4) is 11.5 Å². The van der Waals surface area contributed by atoms with E-state index in [4.69, 9.17) is 9.47 Å². The Morgan fingerprint density at radius 2 is 1.88 bits per heavy atom. The summed E-state index contributed by atoms with van der Waals surface area (Å²) in [6.07, 6.45) is 0.387. The van der Waals surface area contributed by atoms with Gasteiger partial charge in [0, 0.05) is 23.3 Å². The number of benzene rings is 3. The highest BCUT2D eigenvalue weighted by Crippen LogP contribution is 2.45. The van der Waals surface area contributed by atoms with E-state index in [0.29, 0.717) is 18.8 Å². The van der Waals surface area contributed by atoms with E-state index in [-0.39, 0.29) is 11.8 Å². The molecule has 132 valence electrons. The van der Waals surface area contributed by atoms with E-state index in [2.05, 4.69) is 23.5 Å². The topological polar surface area (TPSA) is 47.6 Å². The van der Waals surface area contributed by atoms with Crippen molar-refractivity contribution in [1.82, 2.24) is 0 Å². The number of anilines is 1. The van der Waals surface area contributed by atoms with Gasteiger partial charge in [0.15, 0.2) is 11.5 Å². The van der Waals surface area contributed by atoms with Crippen LogP contribution in [-0.2, 0) is 4.79 Å². The van der Waals surface area contributed by atoms with Gasteiger partial charge in [0.05, 0.1) is 19.4 Å². The van der Waals surface area contributed by atoms with Crippen LogP contribution in [-0.4, -0.2) is 19.6 Å². The molecule has 0 aromatic heterocycles. The molecule has 0 unspecified atom stereocenters. The molecule has 0 radical (unpaired) electrons. The van der Waals surface area contributed by atoms with E-state index in [0.717, 1.165) is 33.3 Å². The molecule has 4 rings (SSSR count). The van der Waals surface area contributed by atoms with Crippen molar-refractivity contribution < 1.29 is 14.3 Å². The molecule has 1 atom stereocenters. The molecule has 0 saturated heterocycles. The first-order valence-electron chi connectivity index (χ1n) is 8.84. The number of ether oxygens (including phenoxy) is 2. The van der Waals surface area contributed by atoms with Crippen LogP contribution in [0.1, 0.15) is 30.4 Å². The molecular weight excluding hydrogens is 326 g/mol. The summed E-state index contributed by atoms with van der Waals surface area (Å²) in [4.78, 5) is 12.5. The highest BCUT2D eigenvalue weighted by atomic mass is 16.5. The second-order valence-electron chi connectivity index (χ2n) is 6.37. The summed E-state index contributed by atoms with van der Waals surface area (Å²) in [5.74, 6) is 1.36. The van der Waals surface area contributed by atoms with Crippen LogP contribution in [0.15, 0.2) is 54.6 Å². The second kappa shape index (κ2) is 6.71. The maximum atomic E-state index is 12.5. The Morgan fingerprint density at radius 1 is 1.04 bits per heavy atom. The molecule has 1 heterocycles. The van der Waals surface area contributed by atoms with E-state index < -0.39 is 0 Å². The lowest BCUT2D eigenvalue weighted by Crippen LogP contribution is -2.24. The third-order valence-electron chi connectivity index (χ3n) is 4.88. The minimum atomic E-state index is -0.0694. The van der Waals surface area contributed by atoms with Crippen LogP contribution in [0.4, 0.5) is 5.69 Å². The van der Waals surface area contributed by atoms with E-state index >= 15 is 0 Å². The number of carbonyl (C=O) groups is 1. The van der Waals surface area contributed by atoms with Crippen molar-refractivity contribution in [2.75, 3.05) is 19.0 Å². The maximum Gasteiger partial charge on any atom is 0.225 e. The summed E-state index contributed by atoms with van der Waals surface area (Å²) in [5.41, 5.74) is 2.99. The largest absolute Gasteiger partial charge is 0.493 e. The summed E-state index contributed by atoms with van der Waals surface area (Å²) in [7, 11) is 1.64. The van der Waals surface area contributed by atoms with Gasteiger partial charge in [-0.15, -0.1) is 0 Å². The molecular formula is C22H21NO3. The molecule has 1 amide bonds. The number of hydrogen-bond donors (Lipinski definition) is 1. The van der Waals surface area contributed by atoms with Gasteiger partial charge in [-0.3, -0.25) is 4.79 Å². The molecule has 0 fully saturated rings. The predicted molar refractivity (Wildman–Crippen MR) is 103 cm³/mol. The van der Waals surface area contributed by atoms with Crippen LogP contribution in [0.3, 0.4) is 0 Å². The lowest BCUT2D eigenvalue weighted by molar-refractivity contribution is -0.116. The molecule has 1 aliphatic heterocycles. The molecule has 0 aliphatic carbocycles. The highest BCUT2D eigenvalue weighted by Gasteiger charge is 2.30. The zero-order valence-electron chi connectivity index (χ0n) is 14.9. The number of methoxy groups -OCH3 is 1. The van der Waals surface area contributed by atoms with E-state index in [1.807, 2.05) is 43.3 Å². The zero-order chi connectivity index (χ0) is 18.1. The third-order valence-corrected chi connectivity index (χ3v) is 4.88. The van der Waals surface area contributed by atoms with Crippen LogP contribution in [0.2, 0.25) is 0 Å². The number of rotatable bonds is 4. The van der Waals surface area contributed by atoms with Crippen LogP contribution in [0, 0.1) is 0 Å². The summed E-state index contributed by atoms with van der Waals surface area (Å²) in [6, 6.07) is 18.2. The second-order valence-corrected chi connectivity index (χ2v) is 6.37. The molecule has 3 aromatic carbocycles. The molecule has 4 heteroatoms. The average molecular weight is 347 g/mol. The Labute approximate surface area is 152 Å². The number of nitrogens with one attached hydrogen (secondary N) is 1. The Hall–Kier alpha value is -3.01. The van der Waals surface area contributed by atoms with Gasteiger partial charge in [0.1, 0.15) is 0 Å². The van der Waals surface area contributed by atoms with E-state index in [1.54, 1.807) is 7.11 Å². The van der Waals surface area contributed by atoms with Gasteiger partial charge < -0.3 is 14.8 Å². The van der Waals surface area contributed by atoms with Crippen molar-refractivity contribution in [1.29, 1.82) is 0 Å². The smallest absolute Gasteiger partial charge is 0.225 e. The molecule has 1 aliphatic rings.